The van der Waals surface area contributed by atoms with E-state index >= 15 is 0 Å². The molecule has 170 valence electrons. The fourth-order valence-corrected chi connectivity index (χ4v) is 4.47. The van der Waals surface area contributed by atoms with Crippen LogP contribution >= 0.6 is 0 Å². The summed E-state index contributed by atoms with van der Waals surface area (Å²) in [4.78, 5) is 9.01. The van der Waals surface area contributed by atoms with Crippen molar-refractivity contribution in [2.75, 3.05) is 18.5 Å². The monoisotopic (exact) mass is 452 g/mol. The highest BCUT2D eigenvalue weighted by atomic mass is 19.4. The molecule has 1 N–H and O–H groups in total. The van der Waals surface area contributed by atoms with E-state index in [0.29, 0.717) is 30.4 Å². The van der Waals surface area contributed by atoms with Gasteiger partial charge >= 0.3 is 6.18 Å². The van der Waals surface area contributed by atoms with Crippen molar-refractivity contribution in [3.63, 3.8) is 0 Å². The van der Waals surface area contributed by atoms with Crippen LogP contribution in [0.2, 0.25) is 0 Å². The molecule has 0 aliphatic carbocycles. The molecule has 2 aromatic heterocycles. The molecule has 0 saturated heterocycles. The molecule has 8 heteroatoms. The first-order valence-corrected chi connectivity index (χ1v) is 10.8. The van der Waals surface area contributed by atoms with E-state index < -0.39 is 17.8 Å². The van der Waals surface area contributed by atoms with Gasteiger partial charge in [0.05, 0.1) is 30.3 Å². The van der Waals surface area contributed by atoms with Crippen LogP contribution in [0.3, 0.4) is 0 Å². The summed E-state index contributed by atoms with van der Waals surface area (Å²) in [5, 5.41) is 4.23. The molecule has 33 heavy (non-hydrogen) atoms. The number of aromatic nitrogens is 3. The first-order chi connectivity index (χ1) is 15.8. The summed E-state index contributed by atoms with van der Waals surface area (Å²) in [5.41, 5.74) is 3.38. The van der Waals surface area contributed by atoms with Crippen molar-refractivity contribution < 1.29 is 17.9 Å². The Hall–Kier alpha value is -3.39. The molecule has 0 fully saturated rings. The zero-order valence-electron chi connectivity index (χ0n) is 18.3. The number of anilines is 1. The summed E-state index contributed by atoms with van der Waals surface area (Å²) in [6, 6.07) is 10.1. The Labute approximate surface area is 188 Å². The van der Waals surface area contributed by atoms with Crippen molar-refractivity contribution in [3.8, 4) is 0 Å². The molecule has 0 amide bonds. The number of benzene rings is 2. The summed E-state index contributed by atoms with van der Waals surface area (Å²) in [6.45, 7) is 4.62. The van der Waals surface area contributed by atoms with Crippen LogP contribution in [0, 0.1) is 6.92 Å². The SMILES string of the molecule is Cc1c(C(C)Nc2nc3nccn3c3ccc(C4=CCOCC4)cc23)cccc1C(F)(F)F. The van der Waals surface area contributed by atoms with Crippen molar-refractivity contribution in [1.29, 1.82) is 0 Å². The maximum absolute atomic E-state index is 13.4. The van der Waals surface area contributed by atoms with Crippen LogP contribution in [-0.4, -0.2) is 27.6 Å². The van der Waals surface area contributed by atoms with Gasteiger partial charge in [-0.1, -0.05) is 24.3 Å². The molecule has 0 bridgehead atoms. The van der Waals surface area contributed by atoms with E-state index in [1.165, 1.54) is 18.6 Å². The van der Waals surface area contributed by atoms with Crippen molar-refractivity contribution in [2.45, 2.75) is 32.5 Å². The van der Waals surface area contributed by atoms with Gasteiger partial charge in [-0.25, -0.2) is 4.98 Å². The quantitative estimate of drug-likeness (QED) is 0.401. The lowest BCUT2D eigenvalue weighted by Crippen LogP contribution is -2.14. The number of alkyl halides is 3. The molecule has 2 aromatic carbocycles. The topological polar surface area (TPSA) is 51.5 Å². The van der Waals surface area contributed by atoms with Gasteiger partial charge in [-0.2, -0.15) is 18.2 Å². The van der Waals surface area contributed by atoms with E-state index in [1.807, 2.05) is 23.6 Å². The van der Waals surface area contributed by atoms with Crippen LogP contribution in [0.4, 0.5) is 19.0 Å². The third-order valence-electron chi connectivity index (χ3n) is 6.18. The Bertz CT molecular complexity index is 1370. The summed E-state index contributed by atoms with van der Waals surface area (Å²) in [6.07, 6.45) is 2.04. The van der Waals surface area contributed by atoms with E-state index in [2.05, 4.69) is 28.5 Å². The number of fused-ring (bicyclic) bond motifs is 3. The Morgan fingerprint density at radius 1 is 1.18 bits per heavy atom. The lowest BCUT2D eigenvalue weighted by atomic mass is 9.97. The van der Waals surface area contributed by atoms with Gasteiger partial charge in [0.15, 0.2) is 0 Å². The van der Waals surface area contributed by atoms with Crippen molar-refractivity contribution in [3.05, 3.63) is 77.1 Å². The van der Waals surface area contributed by atoms with Crippen molar-refractivity contribution in [2.24, 2.45) is 0 Å². The van der Waals surface area contributed by atoms with E-state index in [9.17, 15) is 13.2 Å². The van der Waals surface area contributed by atoms with Crippen LogP contribution in [0.5, 0.6) is 0 Å². The molecule has 0 spiro atoms. The third-order valence-corrected chi connectivity index (χ3v) is 6.18. The van der Waals surface area contributed by atoms with Crippen LogP contribution in [0.25, 0.3) is 22.3 Å². The standard InChI is InChI=1S/C25H23F3N4O/c1-15-19(4-3-5-21(15)25(26,27)28)16(2)30-23-20-14-18(17-8-12-33-13-9-17)6-7-22(20)32-11-10-29-24(32)31-23/h3-8,10-11,14,16H,9,12-13H2,1-2H3,(H,29,30,31). The number of halogens is 3. The summed E-state index contributed by atoms with van der Waals surface area (Å²) >= 11 is 0. The van der Waals surface area contributed by atoms with Crippen LogP contribution in [0.1, 0.15) is 41.6 Å². The largest absolute Gasteiger partial charge is 0.416 e. The average Bonchev–Trinajstić information content (AvgIpc) is 3.27. The number of imidazole rings is 1. The third kappa shape index (κ3) is 3.95. The Morgan fingerprint density at radius 3 is 2.79 bits per heavy atom. The fourth-order valence-electron chi connectivity index (χ4n) is 4.47. The number of hydrogen-bond donors (Lipinski definition) is 1. The second-order valence-electron chi connectivity index (χ2n) is 8.23. The minimum atomic E-state index is -4.40. The van der Waals surface area contributed by atoms with Crippen LogP contribution in [-0.2, 0) is 10.9 Å². The molecule has 3 heterocycles. The predicted molar refractivity (Wildman–Crippen MR) is 122 cm³/mol. The van der Waals surface area contributed by atoms with Gasteiger partial charge < -0.3 is 10.1 Å². The van der Waals surface area contributed by atoms with Crippen LogP contribution in [0.15, 0.2) is 54.9 Å². The summed E-state index contributed by atoms with van der Waals surface area (Å²) in [5.74, 6) is 1.11. The second kappa shape index (κ2) is 8.19. The molecule has 5 nitrogen and oxygen atoms in total. The minimum Gasteiger partial charge on any atom is -0.377 e. The molecule has 1 atom stereocenters. The van der Waals surface area contributed by atoms with E-state index in [4.69, 9.17) is 9.72 Å². The molecular formula is C25H23F3N4O. The zero-order chi connectivity index (χ0) is 23.2. The molecule has 4 aromatic rings. The minimum absolute atomic E-state index is 0.212. The maximum Gasteiger partial charge on any atom is 0.416 e. The highest BCUT2D eigenvalue weighted by molar-refractivity contribution is 5.93. The van der Waals surface area contributed by atoms with Crippen molar-refractivity contribution >= 4 is 28.1 Å². The normalized spacial score (nSPS) is 15.6. The predicted octanol–water partition coefficient (Wildman–Crippen LogP) is 6.19. The summed E-state index contributed by atoms with van der Waals surface area (Å²) < 4.78 is 47.6. The Balaban J connectivity index is 1.60. The highest BCUT2D eigenvalue weighted by Crippen LogP contribution is 2.36. The number of hydrogen-bond acceptors (Lipinski definition) is 4. The number of rotatable bonds is 4. The lowest BCUT2D eigenvalue weighted by Gasteiger charge is -2.21. The van der Waals surface area contributed by atoms with Gasteiger partial charge in [0.25, 0.3) is 0 Å². The maximum atomic E-state index is 13.4. The van der Waals surface area contributed by atoms with E-state index in [0.717, 1.165) is 29.0 Å². The van der Waals surface area contributed by atoms with Gasteiger partial charge in [-0.05, 0) is 60.7 Å². The van der Waals surface area contributed by atoms with Gasteiger partial charge in [0.1, 0.15) is 5.82 Å². The van der Waals surface area contributed by atoms with Gasteiger partial charge in [-0.15, -0.1) is 0 Å². The molecule has 5 rings (SSSR count). The molecular weight excluding hydrogens is 429 g/mol. The second-order valence-corrected chi connectivity index (χ2v) is 8.23. The van der Waals surface area contributed by atoms with Gasteiger partial charge in [0, 0.05) is 17.8 Å². The number of nitrogens with one attached hydrogen (secondary N) is 1. The van der Waals surface area contributed by atoms with Crippen molar-refractivity contribution in [1.82, 2.24) is 14.4 Å². The molecule has 0 radical (unpaired) electrons. The fraction of sp³-hybridized carbons (Fsp3) is 0.280. The van der Waals surface area contributed by atoms with Gasteiger partial charge in [-0.3, -0.25) is 4.40 Å². The molecule has 0 saturated carbocycles. The first kappa shape index (κ1) is 21.5. The molecule has 1 aliphatic heterocycles. The smallest absolute Gasteiger partial charge is 0.377 e. The molecule has 1 unspecified atom stereocenters. The van der Waals surface area contributed by atoms with E-state index in [-0.39, 0.29) is 5.56 Å². The Kier molecular flexibility index (Phi) is 5.32. The number of ether oxygens (including phenoxy) is 1. The van der Waals surface area contributed by atoms with Crippen LogP contribution < -0.4 is 5.32 Å². The molecule has 1 aliphatic rings. The zero-order valence-corrected chi connectivity index (χ0v) is 18.3. The number of nitrogens with zero attached hydrogens (tertiary/aromatic N) is 3. The Morgan fingerprint density at radius 2 is 2.03 bits per heavy atom. The van der Waals surface area contributed by atoms with E-state index in [1.54, 1.807) is 12.3 Å². The lowest BCUT2D eigenvalue weighted by molar-refractivity contribution is -0.138. The average molecular weight is 452 g/mol. The van der Waals surface area contributed by atoms with Gasteiger partial charge in [0.2, 0.25) is 5.78 Å². The first-order valence-electron chi connectivity index (χ1n) is 10.8. The summed E-state index contributed by atoms with van der Waals surface area (Å²) in [7, 11) is 0. The highest BCUT2D eigenvalue weighted by Gasteiger charge is 2.33.